The van der Waals surface area contributed by atoms with Gasteiger partial charge in [-0.15, -0.1) is 5.10 Å². The first-order valence-corrected chi connectivity index (χ1v) is 4.03. The van der Waals surface area contributed by atoms with Crippen LogP contribution in [0.15, 0.2) is 30.5 Å². The number of nitrogen functional groups attached to an aromatic ring is 1. The molecule has 2 aromatic rings. The van der Waals surface area contributed by atoms with Crippen LogP contribution in [0.25, 0.3) is 5.69 Å². The molecule has 14 heavy (non-hydrogen) atoms. The minimum atomic E-state index is 0.378. The van der Waals surface area contributed by atoms with Crippen molar-refractivity contribution >= 4 is 12.0 Å². The zero-order chi connectivity index (χ0) is 9.97. The molecule has 0 fully saturated rings. The predicted molar refractivity (Wildman–Crippen MR) is 51.2 cm³/mol. The molecule has 0 atom stereocenters. The van der Waals surface area contributed by atoms with Crippen LogP contribution in [0.5, 0.6) is 0 Å². The summed E-state index contributed by atoms with van der Waals surface area (Å²) in [5.74, 6) is 0. The number of nitrogens with zero attached hydrogens (tertiary/aromatic N) is 3. The number of para-hydroxylation sites is 2. The highest BCUT2D eigenvalue weighted by molar-refractivity contribution is 5.73. The van der Waals surface area contributed by atoms with Crippen LogP contribution in [0.2, 0.25) is 0 Å². The third-order valence-electron chi connectivity index (χ3n) is 1.86. The van der Waals surface area contributed by atoms with Gasteiger partial charge in [0.1, 0.15) is 5.69 Å². The highest BCUT2D eigenvalue weighted by Crippen LogP contribution is 2.15. The smallest absolute Gasteiger partial charge is 0.170 e. The Balaban J connectivity index is 2.60. The maximum Gasteiger partial charge on any atom is 0.170 e. The van der Waals surface area contributed by atoms with Crippen molar-refractivity contribution in [1.82, 2.24) is 15.0 Å². The summed E-state index contributed by atoms with van der Waals surface area (Å²) < 4.78 is 1.41. The molecule has 0 aliphatic rings. The highest BCUT2D eigenvalue weighted by Gasteiger charge is 2.06. The molecule has 1 aromatic heterocycles. The molecule has 70 valence electrons. The molecule has 0 aliphatic carbocycles. The molecule has 0 saturated carbocycles. The Kier molecular flexibility index (Phi) is 1.98. The molecule has 0 bridgehead atoms. The summed E-state index contributed by atoms with van der Waals surface area (Å²) in [6, 6.07) is 7.15. The molecule has 0 radical (unpaired) electrons. The molecule has 5 nitrogen and oxygen atoms in total. The molecule has 0 spiro atoms. The zero-order valence-electron chi connectivity index (χ0n) is 7.29. The Morgan fingerprint density at radius 1 is 1.36 bits per heavy atom. The minimum absolute atomic E-state index is 0.378. The van der Waals surface area contributed by atoms with E-state index in [0.29, 0.717) is 23.4 Å². The van der Waals surface area contributed by atoms with Crippen LogP contribution in [0, 0.1) is 0 Å². The molecular weight excluding hydrogens is 180 g/mol. The predicted octanol–water partition coefficient (Wildman–Crippen LogP) is 0.662. The summed E-state index contributed by atoms with van der Waals surface area (Å²) in [4.78, 5) is 10.6. The summed E-state index contributed by atoms with van der Waals surface area (Å²) in [6.07, 6.45) is 2.08. The largest absolute Gasteiger partial charge is 0.397 e. The summed E-state index contributed by atoms with van der Waals surface area (Å²) in [5, 5.41) is 7.41. The third-order valence-corrected chi connectivity index (χ3v) is 1.86. The van der Waals surface area contributed by atoms with Crippen LogP contribution in [-0.4, -0.2) is 21.3 Å². The summed E-state index contributed by atoms with van der Waals surface area (Å²) in [6.45, 7) is 0. The van der Waals surface area contributed by atoms with Crippen LogP contribution in [0.4, 0.5) is 5.69 Å². The number of aromatic nitrogens is 3. The van der Waals surface area contributed by atoms with Gasteiger partial charge in [-0.3, -0.25) is 4.79 Å². The van der Waals surface area contributed by atoms with E-state index >= 15 is 0 Å². The van der Waals surface area contributed by atoms with E-state index in [0.717, 1.165) is 0 Å². The second-order valence-corrected chi connectivity index (χ2v) is 2.75. The summed E-state index contributed by atoms with van der Waals surface area (Å²) >= 11 is 0. The number of anilines is 1. The third kappa shape index (κ3) is 1.24. The average Bonchev–Trinajstić information content (AvgIpc) is 2.66. The van der Waals surface area contributed by atoms with E-state index in [9.17, 15) is 4.79 Å². The summed E-state index contributed by atoms with van der Waals surface area (Å²) in [5.41, 5.74) is 7.32. The standard InChI is InChI=1S/C9H8N4O/c10-8-3-1-2-4-9(8)13-7(6-14)5-11-12-13/h1-6H,10H2. The van der Waals surface area contributed by atoms with Crippen LogP contribution in [-0.2, 0) is 0 Å². The van der Waals surface area contributed by atoms with Crippen molar-refractivity contribution in [2.24, 2.45) is 0 Å². The van der Waals surface area contributed by atoms with E-state index in [-0.39, 0.29) is 0 Å². The van der Waals surface area contributed by atoms with Crippen LogP contribution in [0.3, 0.4) is 0 Å². The first-order valence-electron chi connectivity index (χ1n) is 4.03. The number of carbonyl (C=O) groups is 1. The van der Waals surface area contributed by atoms with Gasteiger partial charge in [-0.05, 0) is 12.1 Å². The Morgan fingerprint density at radius 2 is 2.14 bits per heavy atom. The van der Waals surface area contributed by atoms with E-state index < -0.39 is 0 Å². The fraction of sp³-hybridized carbons (Fsp3) is 0. The van der Waals surface area contributed by atoms with Crippen molar-refractivity contribution in [3.8, 4) is 5.69 Å². The maximum atomic E-state index is 10.6. The monoisotopic (exact) mass is 188 g/mol. The van der Waals surface area contributed by atoms with Gasteiger partial charge in [-0.25, -0.2) is 4.68 Å². The fourth-order valence-corrected chi connectivity index (χ4v) is 1.19. The molecular formula is C9H8N4O. The average molecular weight is 188 g/mol. The minimum Gasteiger partial charge on any atom is -0.397 e. The van der Waals surface area contributed by atoms with Gasteiger partial charge in [0.2, 0.25) is 0 Å². The molecule has 5 heteroatoms. The molecule has 0 saturated heterocycles. The number of rotatable bonds is 2. The first kappa shape index (κ1) is 8.43. The molecule has 0 unspecified atom stereocenters. The number of benzene rings is 1. The number of carbonyl (C=O) groups excluding carboxylic acids is 1. The van der Waals surface area contributed by atoms with Crippen molar-refractivity contribution in [1.29, 1.82) is 0 Å². The second-order valence-electron chi connectivity index (χ2n) is 2.75. The Morgan fingerprint density at radius 3 is 2.86 bits per heavy atom. The fourth-order valence-electron chi connectivity index (χ4n) is 1.19. The molecule has 2 N–H and O–H groups in total. The Hall–Kier alpha value is -2.17. The van der Waals surface area contributed by atoms with Gasteiger partial charge in [0, 0.05) is 0 Å². The summed E-state index contributed by atoms with van der Waals surface area (Å²) in [7, 11) is 0. The number of aldehydes is 1. The van der Waals surface area contributed by atoms with Gasteiger partial charge < -0.3 is 5.73 Å². The van der Waals surface area contributed by atoms with E-state index in [1.54, 1.807) is 12.1 Å². The molecule has 0 amide bonds. The van der Waals surface area contributed by atoms with Gasteiger partial charge in [0.05, 0.1) is 17.6 Å². The normalized spacial score (nSPS) is 10.0. The SMILES string of the molecule is Nc1ccccc1-n1nncc1C=O. The van der Waals surface area contributed by atoms with Gasteiger partial charge in [-0.1, -0.05) is 17.3 Å². The quantitative estimate of drug-likeness (QED) is 0.555. The topological polar surface area (TPSA) is 73.8 Å². The second kappa shape index (κ2) is 3.29. The lowest BCUT2D eigenvalue weighted by atomic mass is 10.2. The van der Waals surface area contributed by atoms with Crippen molar-refractivity contribution < 1.29 is 4.79 Å². The van der Waals surface area contributed by atoms with Crippen LogP contribution < -0.4 is 5.73 Å². The van der Waals surface area contributed by atoms with Gasteiger partial charge in [0.25, 0.3) is 0 Å². The molecule has 1 aromatic carbocycles. The van der Waals surface area contributed by atoms with E-state index in [1.165, 1.54) is 10.9 Å². The molecule has 2 rings (SSSR count). The van der Waals surface area contributed by atoms with E-state index in [2.05, 4.69) is 10.3 Å². The first-order chi connectivity index (χ1) is 6.83. The lowest BCUT2D eigenvalue weighted by Gasteiger charge is -2.04. The Labute approximate surface area is 80.2 Å². The zero-order valence-corrected chi connectivity index (χ0v) is 7.29. The lowest BCUT2D eigenvalue weighted by molar-refractivity contribution is 0.111. The van der Waals surface area contributed by atoms with E-state index in [4.69, 9.17) is 5.73 Å². The molecule has 0 aliphatic heterocycles. The molecule has 1 heterocycles. The van der Waals surface area contributed by atoms with Crippen molar-refractivity contribution in [3.05, 3.63) is 36.2 Å². The lowest BCUT2D eigenvalue weighted by Crippen LogP contribution is -2.04. The Bertz CT molecular complexity index is 463. The number of hydrogen-bond acceptors (Lipinski definition) is 4. The van der Waals surface area contributed by atoms with Crippen molar-refractivity contribution in [2.75, 3.05) is 5.73 Å². The number of hydrogen-bond donors (Lipinski definition) is 1. The van der Waals surface area contributed by atoms with Crippen LogP contribution >= 0.6 is 0 Å². The van der Waals surface area contributed by atoms with Gasteiger partial charge in [0.15, 0.2) is 6.29 Å². The maximum absolute atomic E-state index is 10.6. The van der Waals surface area contributed by atoms with Crippen molar-refractivity contribution in [3.63, 3.8) is 0 Å². The van der Waals surface area contributed by atoms with Crippen molar-refractivity contribution in [2.45, 2.75) is 0 Å². The van der Waals surface area contributed by atoms with Crippen LogP contribution in [0.1, 0.15) is 10.5 Å². The van der Waals surface area contributed by atoms with E-state index in [1.807, 2.05) is 12.1 Å². The van der Waals surface area contributed by atoms with Gasteiger partial charge >= 0.3 is 0 Å². The highest BCUT2D eigenvalue weighted by atomic mass is 16.1. The number of nitrogens with two attached hydrogens (primary N) is 1. The van der Waals surface area contributed by atoms with Gasteiger partial charge in [-0.2, -0.15) is 0 Å².